The van der Waals surface area contributed by atoms with Crippen molar-refractivity contribution in [2.75, 3.05) is 0 Å². The Morgan fingerprint density at radius 1 is 0.150 bits per heavy atom. The molecular weight excluding hydrogens is 1460 g/mol. The highest BCUT2D eigenvalue weighted by molar-refractivity contribution is 6.30. The van der Waals surface area contributed by atoms with Crippen LogP contribution in [0.25, 0.3) is 222 Å². The van der Waals surface area contributed by atoms with Crippen LogP contribution in [0.5, 0.6) is 0 Å². The van der Waals surface area contributed by atoms with Crippen LogP contribution in [0.4, 0.5) is 0 Å². The van der Waals surface area contributed by atoms with E-state index in [-0.39, 0.29) is 0 Å². The van der Waals surface area contributed by atoms with Crippen molar-refractivity contribution in [3.8, 4) is 113 Å². The third-order valence-electron chi connectivity index (χ3n) is 23.7. The number of nitrogens with zero attached hydrogens (tertiary/aromatic N) is 9. The minimum Gasteiger partial charge on any atom is -0.309 e. The molecule has 9 nitrogen and oxygen atoms in total. The lowest BCUT2D eigenvalue weighted by molar-refractivity contribution is 1.08. The molecule has 0 fully saturated rings. The first-order chi connectivity index (χ1) is 59.5. The number of rotatable bonds is 12. The summed E-state index contributed by atoms with van der Waals surface area (Å²) in [7, 11) is 0. The van der Waals surface area contributed by atoms with Crippen LogP contribution in [0, 0.1) is 0 Å². The SMILES string of the molecule is c1ccc(-c2cccc(-n3c4ccccc4c4c5c6ccccc6n(-c6ccc7c(-c8nc(-c9ccccc9)cc(-c9ccccc9)n8)cccc7c6)c5ccc43)c2)cc1.c1ccc(-c2cccc(-n3c4ccccc4c4c5c6ccccc6n(-c6ccc7c(-c8nc(-c9ccccc9)nc(-c9ccccc9)n8)cccc7c6)c5ccc43)c2)cc1. The Morgan fingerprint density at radius 2 is 0.425 bits per heavy atom. The Bertz CT molecular complexity index is 7540. The molecule has 0 saturated carbocycles. The molecule has 0 aliphatic heterocycles. The van der Waals surface area contributed by atoms with Crippen molar-refractivity contribution in [2.45, 2.75) is 0 Å². The third kappa shape index (κ3) is 11.8. The molecule has 24 rings (SSSR count). The van der Waals surface area contributed by atoms with E-state index < -0.39 is 0 Å². The van der Waals surface area contributed by atoms with Crippen molar-refractivity contribution >= 4 is 109 Å². The Labute approximate surface area is 691 Å². The number of hydrogen-bond acceptors (Lipinski definition) is 5. The maximum absolute atomic E-state index is 5.18. The van der Waals surface area contributed by atoms with E-state index >= 15 is 0 Å². The Kier molecular flexibility index (Phi) is 16.7. The summed E-state index contributed by atoms with van der Waals surface area (Å²) in [6.45, 7) is 0. The van der Waals surface area contributed by atoms with Gasteiger partial charge in [0.15, 0.2) is 23.3 Å². The summed E-state index contributed by atoms with van der Waals surface area (Å²) in [4.78, 5) is 25.4. The number of hydrogen-bond donors (Lipinski definition) is 0. The number of aromatic nitrogens is 9. The van der Waals surface area contributed by atoms with Gasteiger partial charge in [0.1, 0.15) is 0 Å². The molecule has 18 aromatic carbocycles. The summed E-state index contributed by atoms with van der Waals surface area (Å²) < 4.78 is 9.70. The van der Waals surface area contributed by atoms with Crippen molar-refractivity contribution in [1.29, 1.82) is 0 Å². The van der Waals surface area contributed by atoms with Crippen LogP contribution in [0.1, 0.15) is 0 Å². The highest BCUT2D eigenvalue weighted by atomic mass is 15.0. The van der Waals surface area contributed by atoms with Crippen molar-refractivity contribution < 1.29 is 0 Å². The van der Waals surface area contributed by atoms with Gasteiger partial charge in [0, 0.05) is 99.2 Å². The second-order valence-corrected chi connectivity index (χ2v) is 30.6. The zero-order valence-electron chi connectivity index (χ0n) is 65.0. The van der Waals surface area contributed by atoms with Crippen molar-refractivity contribution in [3.05, 3.63) is 431 Å². The maximum atomic E-state index is 5.18. The summed E-state index contributed by atoms with van der Waals surface area (Å²) in [5.74, 6) is 2.65. The van der Waals surface area contributed by atoms with E-state index in [9.17, 15) is 0 Å². The molecule has 0 amide bonds. The van der Waals surface area contributed by atoms with Crippen LogP contribution >= 0.6 is 0 Å². The fourth-order valence-corrected chi connectivity index (χ4v) is 18.3. The summed E-state index contributed by atoms with van der Waals surface area (Å²) >= 11 is 0. The van der Waals surface area contributed by atoms with E-state index in [1.54, 1.807) is 0 Å². The average Bonchev–Trinajstić information content (AvgIpc) is 1.55. The molecule has 6 aromatic heterocycles. The van der Waals surface area contributed by atoms with Gasteiger partial charge in [-0.2, -0.15) is 0 Å². The van der Waals surface area contributed by atoms with Gasteiger partial charge in [-0.15, -0.1) is 0 Å². The van der Waals surface area contributed by atoms with Crippen LogP contribution in [0.2, 0.25) is 0 Å². The molecule has 0 aliphatic rings. The molecule has 120 heavy (non-hydrogen) atoms. The standard InChI is InChI=1S/C56H36N4.C55H35N5/c1-4-16-37(17-5-1)40-22-14-24-42(34-40)59-50-28-12-10-25-46(50)54-52(59)32-33-53-55(54)47-26-11-13-29-51(47)60(53)43-30-31-44-41(35-43)23-15-27-45(44)56-57-48(38-18-6-2-7-19-38)36-49(58-56)39-20-8-3-9-21-39;1-4-16-36(17-5-1)39-22-14-24-41(34-39)59-47-28-12-10-25-45(47)51-49(59)32-33-50-52(51)46-26-11-13-29-48(46)60(50)42-30-31-43-40(35-42)23-15-27-44(43)55-57-53(37-18-6-2-7-19-37)56-54(58-55)38-20-8-3-9-21-38/h1-36H;1-35H. The van der Waals surface area contributed by atoms with Gasteiger partial charge in [0.05, 0.1) is 55.5 Å². The van der Waals surface area contributed by atoms with Crippen LogP contribution < -0.4 is 0 Å². The molecule has 0 spiro atoms. The second-order valence-electron chi connectivity index (χ2n) is 30.6. The second kappa shape index (κ2) is 28.9. The molecule has 0 aliphatic carbocycles. The third-order valence-corrected chi connectivity index (χ3v) is 23.7. The maximum Gasteiger partial charge on any atom is 0.164 e. The lowest BCUT2D eigenvalue weighted by Crippen LogP contribution is -2.00. The fraction of sp³-hybridized carbons (Fsp3) is 0. The van der Waals surface area contributed by atoms with Gasteiger partial charge in [0.25, 0.3) is 0 Å². The number of benzene rings is 18. The number of para-hydroxylation sites is 4. The van der Waals surface area contributed by atoms with Crippen LogP contribution in [-0.2, 0) is 0 Å². The monoisotopic (exact) mass is 1530 g/mol. The summed E-state index contributed by atoms with van der Waals surface area (Å²) in [5, 5.41) is 14.4. The molecule has 0 saturated heterocycles. The fourth-order valence-electron chi connectivity index (χ4n) is 18.3. The van der Waals surface area contributed by atoms with E-state index in [2.05, 4.69) is 376 Å². The Balaban J connectivity index is 0.000000140. The Morgan fingerprint density at radius 3 is 0.775 bits per heavy atom. The summed E-state index contributed by atoms with van der Waals surface area (Å²) in [6.07, 6.45) is 0. The first-order valence-electron chi connectivity index (χ1n) is 40.7. The molecule has 0 N–H and O–H groups in total. The molecule has 24 aromatic rings. The van der Waals surface area contributed by atoms with Crippen molar-refractivity contribution in [1.82, 2.24) is 43.2 Å². The van der Waals surface area contributed by atoms with E-state index in [0.717, 1.165) is 100 Å². The molecule has 0 atom stereocenters. The highest BCUT2D eigenvalue weighted by Gasteiger charge is 2.25. The largest absolute Gasteiger partial charge is 0.309 e. The van der Waals surface area contributed by atoms with E-state index in [4.69, 9.17) is 24.9 Å². The Hall–Kier alpha value is -16.2. The van der Waals surface area contributed by atoms with Gasteiger partial charge in [-0.25, -0.2) is 24.9 Å². The summed E-state index contributed by atoms with van der Waals surface area (Å²) in [6, 6.07) is 153. The zero-order chi connectivity index (χ0) is 79.1. The van der Waals surface area contributed by atoms with E-state index in [1.807, 2.05) is 72.8 Å². The molecular formula is C111H71N9. The topological polar surface area (TPSA) is 84.2 Å². The van der Waals surface area contributed by atoms with Crippen LogP contribution in [0.15, 0.2) is 431 Å². The first kappa shape index (κ1) is 69.3. The highest BCUT2D eigenvalue weighted by Crippen LogP contribution is 2.47. The average molecular weight is 1530 g/mol. The van der Waals surface area contributed by atoms with Gasteiger partial charge < -0.3 is 18.3 Å². The zero-order valence-corrected chi connectivity index (χ0v) is 65.0. The predicted octanol–water partition coefficient (Wildman–Crippen LogP) is 28.4. The smallest absolute Gasteiger partial charge is 0.164 e. The minimum absolute atomic E-state index is 0.644. The summed E-state index contributed by atoms with van der Waals surface area (Å²) in [5.41, 5.74) is 26.5. The minimum atomic E-state index is 0.644. The lowest BCUT2D eigenvalue weighted by atomic mass is 10.0. The van der Waals surface area contributed by atoms with Crippen LogP contribution in [-0.4, -0.2) is 43.2 Å². The van der Waals surface area contributed by atoms with Gasteiger partial charge in [-0.3, -0.25) is 0 Å². The van der Waals surface area contributed by atoms with Gasteiger partial charge >= 0.3 is 0 Å². The van der Waals surface area contributed by atoms with Crippen molar-refractivity contribution in [2.24, 2.45) is 0 Å². The molecule has 0 radical (unpaired) electrons. The van der Waals surface area contributed by atoms with E-state index in [0.29, 0.717) is 23.3 Å². The normalized spacial score (nSPS) is 11.7. The molecule has 0 bridgehead atoms. The van der Waals surface area contributed by atoms with Crippen LogP contribution in [0.3, 0.4) is 0 Å². The molecule has 560 valence electrons. The molecule has 6 heterocycles. The van der Waals surface area contributed by atoms with E-state index in [1.165, 1.54) is 98.4 Å². The van der Waals surface area contributed by atoms with Gasteiger partial charge in [0.2, 0.25) is 0 Å². The molecule has 9 heteroatoms. The quantitative estimate of drug-likeness (QED) is 0.122. The first-order valence-corrected chi connectivity index (χ1v) is 40.7. The lowest BCUT2D eigenvalue weighted by Gasteiger charge is -2.13. The van der Waals surface area contributed by atoms with Gasteiger partial charge in [-0.1, -0.05) is 328 Å². The van der Waals surface area contributed by atoms with Gasteiger partial charge in [-0.05, 0) is 147 Å². The molecule has 0 unspecified atom stereocenters. The number of fused-ring (bicyclic) bond motifs is 16. The van der Waals surface area contributed by atoms with Crippen molar-refractivity contribution in [3.63, 3.8) is 0 Å². The predicted molar refractivity (Wildman–Crippen MR) is 498 cm³/mol.